The number of ether oxygens (including phenoxy) is 2. The Kier molecular flexibility index (Phi) is 6.00. The molecule has 0 saturated carbocycles. The van der Waals surface area contributed by atoms with E-state index in [2.05, 4.69) is 0 Å². The summed E-state index contributed by atoms with van der Waals surface area (Å²) in [4.78, 5) is 28.9. The lowest BCUT2D eigenvalue weighted by Gasteiger charge is -2.25. The van der Waals surface area contributed by atoms with Gasteiger partial charge < -0.3 is 18.8 Å². The van der Waals surface area contributed by atoms with Crippen LogP contribution in [-0.2, 0) is 6.42 Å². The monoisotopic (exact) mass is 487 g/mol. The minimum atomic E-state index is -0.893. The van der Waals surface area contributed by atoms with Gasteiger partial charge in [-0.25, -0.2) is 4.39 Å². The van der Waals surface area contributed by atoms with Crippen molar-refractivity contribution in [2.75, 3.05) is 20.8 Å². The molecular formula is C29H26FNO5. The van der Waals surface area contributed by atoms with E-state index in [0.717, 1.165) is 16.7 Å². The molecule has 1 amide bonds. The van der Waals surface area contributed by atoms with Gasteiger partial charge in [0, 0.05) is 12.1 Å². The molecule has 2 heterocycles. The number of nitrogens with zero attached hydrogens (tertiary/aromatic N) is 1. The molecule has 1 atom stereocenters. The smallest absolute Gasteiger partial charge is 0.290 e. The third-order valence-corrected chi connectivity index (χ3v) is 6.69. The number of halogens is 1. The molecule has 1 aliphatic rings. The van der Waals surface area contributed by atoms with Gasteiger partial charge in [0.2, 0.25) is 5.76 Å². The number of hydrogen-bond acceptors (Lipinski definition) is 5. The van der Waals surface area contributed by atoms with Crippen molar-refractivity contribution < 1.29 is 23.1 Å². The molecule has 5 rings (SSSR count). The van der Waals surface area contributed by atoms with Crippen LogP contribution in [0.5, 0.6) is 11.5 Å². The van der Waals surface area contributed by atoms with Gasteiger partial charge in [0.25, 0.3) is 5.91 Å². The fraction of sp³-hybridized carbons (Fsp3) is 0.241. The van der Waals surface area contributed by atoms with Crippen molar-refractivity contribution in [3.63, 3.8) is 0 Å². The summed E-state index contributed by atoms with van der Waals surface area (Å²) in [5.74, 6) is 0.227. The van der Waals surface area contributed by atoms with Gasteiger partial charge in [0.15, 0.2) is 16.9 Å². The molecule has 7 heteroatoms. The Morgan fingerprint density at radius 3 is 2.44 bits per heavy atom. The number of rotatable bonds is 6. The summed E-state index contributed by atoms with van der Waals surface area (Å²) in [5.41, 5.74) is 3.08. The summed E-state index contributed by atoms with van der Waals surface area (Å²) < 4.78 is 31.8. The SMILES string of the molecule is COc1ccc(CCN2C(=O)c3oc4c(C)cc(C)cc4c(=O)c3[C@@H]2c2ccccc2F)cc1OC. The quantitative estimate of drug-likeness (QED) is 0.367. The summed E-state index contributed by atoms with van der Waals surface area (Å²) in [6, 6.07) is 14.5. The lowest BCUT2D eigenvalue weighted by molar-refractivity contribution is 0.0728. The highest BCUT2D eigenvalue weighted by atomic mass is 19.1. The molecule has 0 bridgehead atoms. The predicted octanol–water partition coefficient (Wildman–Crippen LogP) is 5.35. The molecule has 0 N–H and O–H groups in total. The predicted molar refractivity (Wildman–Crippen MR) is 134 cm³/mol. The minimum absolute atomic E-state index is 0.0278. The van der Waals surface area contributed by atoms with E-state index in [4.69, 9.17) is 13.9 Å². The molecule has 1 aliphatic heterocycles. The number of carbonyl (C=O) groups is 1. The molecule has 36 heavy (non-hydrogen) atoms. The standard InChI is InChI=1S/C29H26FNO5/c1-16-13-17(2)27-20(14-16)26(32)24-25(19-7-5-6-8-21(19)30)31(29(33)28(24)36-27)12-11-18-9-10-22(34-3)23(15-18)35-4/h5-10,13-15,25H,11-12H2,1-4H3/t25-/m0/s1. The van der Waals surface area contributed by atoms with Crippen molar-refractivity contribution in [1.29, 1.82) is 0 Å². The van der Waals surface area contributed by atoms with Crippen LogP contribution in [-0.4, -0.2) is 31.6 Å². The maximum Gasteiger partial charge on any atom is 0.290 e. The Hall–Kier alpha value is -4.13. The maximum atomic E-state index is 15.1. The molecule has 3 aromatic carbocycles. The summed E-state index contributed by atoms with van der Waals surface area (Å²) >= 11 is 0. The van der Waals surface area contributed by atoms with Crippen molar-refractivity contribution in [2.45, 2.75) is 26.3 Å². The van der Waals surface area contributed by atoms with E-state index in [-0.39, 0.29) is 28.9 Å². The first-order chi connectivity index (χ1) is 17.3. The Morgan fingerprint density at radius 2 is 1.72 bits per heavy atom. The summed E-state index contributed by atoms with van der Waals surface area (Å²) in [6.45, 7) is 3.98. The molecule has 1 aromatic heterocycles. The van der Waals surface area contributed by atoms with Crippen LogP contribution in [0.3, 0.4) is 0 Å². The van der Waals surface area contributed by atoms with Crippen LogP contribution in [0.2, 0.25) is 0 Å². The maximum absolute atomic E-state index is 15.1. The molecule has 184 valence electrons. The Bertz CT molecular complexity index is 1560. The molecular weight excluding hydrogens is 461 g/mol. The van der Waals surface area contributed by atoms with Crippen molar-refractivity contribution in [2.24, 2.45) is 0 Å². The van der Waals surface area contributed by atoms with E-state index < -0.39 is 17.8 Å². The van der Waals surface area contributed by atoms with Crippen LogP contribution in [0, 0.1) is 19.7 Å². The molecule has 0 saturated heterocycles. The highest BCUT2D eigenvalue weighted by molar-refractivity contribution is 5.99. The summed E-state index contributed by atoms with van der Waals surface area (Å²) in [7, 11) is 3.12. The highest BCUT2D eigenvalue weighted by Crippen LogP contribution is 2.40. The van der Waals surface area contributed by atoms with E-state index in [1.54, 1.807) is 44.6 Å². The van der Waals surface area contributed by atoms with Gasteiger partial charge in [-0.15, -0.1) is 0 Å². The second-order valence-corrected chi connectivity index (χ2v) is 8.99. The third kappa shape index (κ3) is 3.81. The fourth-order valence-corrected chi connectivity index (χ4v) is 5.01. The fourth-order valence-electron chi connectivity index (χ4n) is 5.01. The zero-order valence-electron chi connectivity index (χ0n) is 20.6. The van der Waals surface area contributed by atoms with Gasteiger partial charge in [0.1, 0.15) is 11.4 Å². The van der Waals surface area contributed by atoms with Gasteiger partial charge in [0.05, 0.1) is 31.2 Å². The lowest BCUT2D eigenvalue weighted by atomic mass is 9.97. The Labute approximate surface area is 207 Å². The van der Waals surface area contributed by atoms with Crippen molar-refractivity contribution in [3.8, 4) is 11.5 Å². The molecule has 0 fully saturated rings. The van der Waals surface area contributed by atoms with Crippen molar-refractivity contribution in [3.05, 3.63) is 104 Å². The lowest BCUT2D eigenvalue weighted by Crippen LogP contribution is -2.32. The third-order valence-electron chi connectivity index (χ3n) is 6.69. The zero-order chi connectivity index (χ0) is 25.6. The summed E-state index contributed by atoms with van der Waals surface area (Å²) in [5, 5.41) is 0.391. The van der Waals surface area contributed by atoms with Crippen molar-refractivity contribution in [1.82, 2.24) is 4.90 Å². The van der Waals surface area contributed by atoms with Gasteiger partial charge in [-0.2, -0.15) is 0 Å². The van der Waals surface area contributed by atoms with E-state index in [9.17, 15) is 9.59 Å². The molecule has 0 aliphatic carbocycles. The van der Waals surface area contributed by atoms with Crippen LogP contribution in [0.1, 0.15) is 44.4 Å². The normalized spacial score (nSPS) is 14.9. The van der Waals surface area contributed by atoms with Crippen LogP contribution < -0.4 is 14.9 Å². The number of hydrogen-bond donors (Lipinski definition) is 0. The molecule has 6 nitrogen and oxygen atoms in total. The minimum Gasteiger partial charge on any atom is -0.493 e. The second kappa shape index (κ2) is 9.15. The second-order valence-electron chi connectivity index (χ2n) is 8.99. The molecule has 4 aromatic rings. The van der Waals surface area contributed by atoms with Crippen LogP contribution >= 0.6 is 0 Å². The van der Waals surface area contributed by atoms with Gasteiger partial charge in [-0.05, 0) is 61.2 Å². The number of carbonyl (C=O) groups excluding carboxylic acids is 1. The zero-order valence-corrected chi connectivity index (χ0v) is 20.6. The molecule has 0 unspecified atom stereocenters. The topological polar surface area (TPSA) is 69.0 Å². The first-order valence-corrected chi connectivity index (χ1v) is 11.7. The average Bonchev–Trinajstić information content (AvgIpc) is 3.15. The largest absolute Gasteiger partial charge is 0.493 e. The Balaban J connectivity index is 1.63. The van der Waals surface area contributed by atoms with Crippen LogP contribution in [0.15, 0.2) is 63.8 Å². The number of benzene rings is 3. The van der Waals surface area contributed by atoms with E-state index in [1.807, 2.05) is 32.0 Å². The number of amides is 1. The van der Waals surface area contributed by atoms with E-state index in [1.165, 1.54) is 11.0 Å². The summed E-state index contributed by atoms with van der Waals surface area (Å²) in [6.07, 6.45) is 0.455. The van der Waals surface area contributed by atoms with Gasteiger partial charge in [-0.3, -0.25) is 9.59 Å². The van der Waals surface area contributed by atoms with Gasteiger partial charge in [-0.1, -0.05) is 30.3 Å². The number of fused-ring (bicyclic) bond motifs is 2. The molecule has 0 spiro atoms. The highest BCUT2D eigenvalue weighted by Gasteiger charge is 2.43. The van der Waals surface area contributed by atoms with E-state index in [0.29, 0.717) is 28.9 Å². The number of aryl methyl sites for hydroxylation is 2. The van der Waals surface area contributed by atoms with Gasteiger partial charge >= 0.3 is 0 Å². The average molecular weight is 488 g/mol. The van der Waals surface area contributed by atoms with E-state index >= 15 is 4.39 Å². The Morgan fingerprint density at radius 1 is 0.972 bits per heavy atom. The first-order valence-electron chi connectivity index (χ1n) is 11.7. The van der Waals surface area contributed by atoms with Crippen LogP contribution in [0.4, 0.5) is 4.39 Å². The molecule has 0 radical (unpaired) electrons. The first kappa shape index (κ1) is 23.6. The number of methoxy groups -OCH3 is 2. The van der Waals surface area contributed by atoms with Crippen molar-refractivity contribution >= 4 is 16.9 Å². The van der Waals surface area contributed by atoms with Crippen LogP contribution in [0.25, 0.3) is 11.0 Å².